The molecule has 2 heterocycles. The van der Waals surface area contributed by atoms with Gasteiger partial charge in [-0.25, -0.2) is 4.79 Å². The molecular weight excluding hydrogens is 376 g/mol. The van der Waals surface area contributed by atoms with Gasteiger partial charge in [-0.1, -0.05) is 0 Å². The van der Waals surface area contributed by atoms with Crippen molar-refractivity contribution < 1.29 is 24.0 Å². The molecule has 11 heteroatoms. The first kappa shape index (κ1) is 20.4. The van der Waals surface area contributed by atoms with Crippen molar-refractivity contribution in [1.82, 2.24) is 9.78 Å². The van der Waals surface area contributed by atoms with Crippen molar-refractivity contribution in [3.63, 3.8) is 0 Å². The second kappa shape index (κ2) is 8.62. The molecule has 27 heavy (non-hydrogen) atoms. The number of hydrogen-bond acceptors (Lipinski definition) is 8. The second-order valence-corrected chi connectivity index (χ2v) is 6.77. The number of aromatic nitrogens is 2. The monoisotopic (exact) mass is 396 g/mol. The smallest absolute Gasteiger partial charge is 0.350 e. The first-order chi connectivity index (χ1) is 12.8. The number of nitrogens with zero attached hydrogens (tertiary/aromatic N) is 3. The molecule has 10 nitrogen and oxygen atoms in total. The molecule has 0 saturated carbocycles. The molecule has 2 rings (SSSR count). The number of carbonyl (C=O) groups excluding carboxylic acids is 2. The number of anilines is 1. The zero-order valence-electron chi connectivity index (χ0n) is 15.4. The quantitative estimate of drug-likeness (QED) is 0.413. The van der Waals surface area contributed by atoms with E-state index in [1.165, 1.54) is 29.3 Å². The van der Waals surface area contributed by atoms with Crippen molar-refractivity contribution in [2.45, 2.75) is 33.7 Å². The molecule has 2 aromatic rings. The van der Waals surface area contributed by atoms with Crippen molar-refractivity contribution in [3.8, 4) is 5.88 Å². The van der Waals surface area contributed by atoms with Gasteiger partial charge in [-0.2, -0.15) is 0 Å². The van der Waals surface area contributed by atoms with E-state index in [2.05, 4.69) is 10.4 Å². The Hall–Kier alpha value is -2.95. The van der Waals surface area contributed by atoms with Gasteiger partial charge < -0.3 is 14.8 Å². The van der Waals surface area contributed by atoms with E-state index >= 15 is 0 Å². The topological polar surface area (TPSA) is 126 Å². The number of nitrogens with one attached hydrogen (secondary N) is 1. The molecule has 0 saturated heterocycles. The number of rotatable bonds is 8. The molecule has 0 unspecified atom stereocenters. The normalized spacial score (nSPS) is 10.5. The summed E-state index contributed by atoms with van der Waals surface area (Å²) in [7, 11) is 1.28. The summed E-state index contributed by atoms with van der Waals surface area (Å²) in [5.74, 6) is -0.949. The summed E-state index contributed by atoms with van der Waals surface area (Å²) >= 11 is 1.29. The molecule has 0 fully saturated rings. The lowest BCUT2D eigenvalue weighted by atomic mass is 10.1. The Labute approximate surface area is 159 Å². The zero-order chi connectivity index (χ0) is 20.1. The fraction of sp³-hybridized carbons (Fsp3) is 0.438. The third-order valence-electron chi connectivity index (χ3n) is 3.79. The van der Waals surface area contributed by atoms with Gasteiger partial charge in [-0.3, -0.25) is 19.6 Å². The number of aryl methyl sites for hydroxylation is 2. The van der Waals surface area contributed by atoms with Crippen molar-refractivity contribution in [1.29, 1.82) is 0 Å². The van der Waals surface area contributed by atoms with Crippen LogP contribution in [0.5, 0.6) is 5.88 Å². The second-order valence-electron chi connectivity index (χ2n) is 5.55. The number of thiophene rings is 1. The average molecular weight is 396 g/mol. The molecule has 146 valence electrons. The molecule has 2 aromatic heterocycles. The Kier molecular flexibility index (Phi) is 6.50. The summed E-state index contributed by atoms with van der Waals surface area (Å²) in [5, 5.41) is 18.0. The SMILES string of the molecule is CCOC(=O)c1c(NC(=O)CCn2cc([N+](=O)[O-])c(OC)n2)sc(C)c1C. The van der Waals surface area contributed by atoms with Gasteiger partial charge in [0.05, 0.1) is 30.7 Å². The Morgan fingerprint density at radius 2 is 2.11 bits per heavy atom. The number of nitro groups is 1. The van der Waals surface area contributed by atoms with Gasteiger partial charge in [0.25, 0.3) is 0 Å². The zero-order valence-corrected chi connectivity index (χ0v) is 16.2. The molecular formula is C16H20N4O6S. The minimum atomic E-state index is -0.606. The summed E-state index contributed by atoms with van der Waals surface area (Å²) in [4.78, 5) is 35.6. The van der Waals surface area contributed by atoms with Gasteiger partial charge in [0.1, 0.15) is 11.2 Å². The third-order valence-corrected chi connectivity index (χ3v) is 4.91. The number of carbonyl (C=O) groups is 2. The molecule has 0 radical (unpaired) electrons. The van der Waals surface area contributed by atoms with Gasteiger partial charge in [0, 0.05) is 11.3 Å². The van der Waals surface area contributed by atoms with E-state index in [1.54, 1.807) is 13.8 Å². The van der Waals surface area contributed by atoms with Crippen molar-refractivity contribution >= 4 is 33.9 Å². The Morgan fingerprint density at radius 1 is 1.41 bits per heavy atom. The Bertz CT molecular complexity index is 873. The van der Waals surface area contributed by atoms with E-state index < -0.39 is 10.9 Å². The van der Waals surface area contributed by atoms with E-state index in [-0.39, 0.29) is 37.0 Å². The number of amides is 1. The number of methoxy groups -OCH3 is 1. The van der Waals surface area contributed by atoms with E-state index in [4.69, 9.17) is 9.47 Å². The van der Waals surface area contributed by atoms with Crippen molar-refractivity contribution in [3.05, 3.63) is 32.3 Å². The number of hydrogen-bond donors (Lipinski definition) is 1. The molecule has 1 N–H and O–H groups in total. The summed E-state index contributed by atoms with van der Waals surface area (Å²) < 4.78 is 11.2. The van der Waals surface area contributed by atoms with Gasteiger partial charge in [0.15, 0.2) is 0 Å². The predicted octanol–water partition coefficient (Wildman–Crippen LogP) is 2.68. The molecule has 0 spiro atoms. The van der Waals surface area contributed by atoms with Crippen LogP contribution < -0.4 is 10.1 Å². The van der Waals surface area contributed by atoms with Crippen LogP contribution in [0, 0.1) is 24.0 Å². The maximum Gasteiger partial charge on any atom is 0.350 e. The van der Waals surface area contributed by atoms with Crippen LogP contribution in [0.1, 0.15) is 34.1 Å². The lowest BCUT2D eigenvalue weighted by Crippen LogP contribution is -2.16. The highest BCUT2D eigenvalue weighted by Gasteiger charge is 2.23. The molecule has 0 aliphatic rings. The summed E-state index contributed by atoms with van der Waals surface area (Å²) in [6, 6.07) is 0. The van der Waals surface area contributed by atoms with E-state index in [1.807, 2.05) is 6.92 Å². The minimum absolute atomic E-state index is 0.0141. The van der Waals surface area contributed by atoms with Crippen LogP contribution in [0.4, 0.5) is 10.7 Å². The van der Waals surface area contributed by atoms with Crippen LogP contribution in [0.2, 0.25) is 0 Å². The molecule has 0 aromatic carbocycles. The van der Waals surface area contributed by atoms with Crippen LogP contribution in [0.25, 0.3) is 0 Å². The van der Waals surface area contributed by atoms with E-state index in [9.17, 15) is 19.7 Å². The molecule has 0 atom stereocenters. The fourth-order valence-electron chi connectivity index (χ4n) is 2.35. The van der Waals surface area contributed by atoms with Crippen LogP contribution in [-0.4, -0.2) is 40.3 Å². The van der Waals surface area contributed by atoms with Crippen LogP contribution in [0.15, 0.2) is 6.20 Å². The Balaban J connectivity index is 2.08. The summed E-state index contributed by atoms with van der Waals surface area (Å²) in [6.45, 7) is 5.72. The van der Waals surface area contributed by atoms with Crippen molar-refractivity contribution in [2.24, 2.45) is 0 Å². The Morgan fingerprint density at radius 3 is 2.67 bits per heavy atom. The number of esters is 1. The van der Waals surface area contributed by atoms with Gasteiger partial charge in [0.2, 0.25) is 5.91 Å². The van der Waals surface area contributed by atoms with E-state index in [0.29, 0.717) is 10.6 Å². The minimum Gasteiger partial charge on any atom is -0.475 e. The summed E-state index contributed by atoms with van der Waals surface area (Å²) in [6.07, 6.45) is 1.22. The molecule has 1 amide bonds. The van der Waals surface area contributed by atoms with Crippen LogP contribution in [0.3, 0.4) is 0 Å². The first-order valence-corrected chi connectivity index (χ1v) is 8.92. The first-order valence-electron chi connectivity index (χ1n) is 8.11. The largest absolute Gasteiger partial charge is 0.475 e. The summed E-state index contributed by atoms with van der Waals surface area (Å²) in [5.41, 5.74) is 0.845. The lowest BCUT2D eigenvalue weighted by molar-refractivity contribution is -0.385. The standard InChI is InChI=1S/C16H20N4O6S/c1-5-26-16(22)13-9(2)10(3)27-15(13)17-12(21)6-7-19-8-11(20(23)24)14(18-19)25-4/h8H,5-7H2,1-4H3,(H,17,21). The van der Waals surface area contributed by atoms with Gasteiger partial charge in [-0.15, -0.1) is 16.4 Å². The molecule has 0 aliphatic heterocycles. The molecule has 0 aliphatic carbocycles. The van der Waals surface area contributed by atoms with Crippen LogP contribution in [-0.2, 0) is 16.1 Å². The number of ether oxygens (including phenoxy) is 2. The van der Waals surface area contributed by atoms with Gasteiger partial charge in [-0.05, 0) is 26.3 Å². The molecule has 0 bridgehead atoms. The highest BCUT2D eigenvalue weighted by atomic mass is 32.1. The maximum atomic E-state index is 12.3. The highest BCUT2D eigenvalue weighted by Crippen LogP contribution is 2.33. The third kappa shape index (κ3) is 4.61. The highest BCUT2D eigenvalue weighted by molar-refractivity contribution is 7.16. The van der Waals surface area contributed by atoms with E-state index in [0.717, 1.165) is 10.4 Å². The predicted molar refractivity (Wildman–Crippen MR) is 98.4 cm³/mol. The fourth-order valence-corrected chi connectivity index (χ4v) is 3.41. The van der Waals surface area contributed by atoms with Crippen molar-refractivity contribution in [2.75, 3.05) is 19.0 Å². The van der Waals surface area contributed by atoms with Gasteiger partial charge >= 0.3 is 17.5 Å². The lowest BCUT2D eigenvalue weighted by Gasteiger charge is -2.07. The maximum absolute atomic E-state index is 12.3. The van der Waals surface area contributed by atoms with Crippen LogP contribution >= 0.6 is 11.3 Å². The average Bonchev–Trinajstić information content (AvgIpc) is 3.14.